The number of benzene rings is 3. The number of nitrogens with one attached hydrogen (secondary N) is 1. The van der Waals surface area contributed by atoms with Crippen molar-refractivity contribution in [2.24, 2.45) is 29.6 Å². The Morgan fingerprint density at radius 2 is 1.56 bits per heavy atom. The molecule has 4 aromatic rings. The first-order valence-corrected chi connectivity index (χ1v) is 16.3. The summed E-state index contributed by atoms with van der Waals surface area (Å²) < 4.78 is 5.08. The highest BCUT2D eigenvalue weighted by Crippen LogP contribution is 2.68. The van der Waals surface area contributed by atoms with Crippen molar-refractivity contribution < 1.29 is 19.1 Å². The minimum absolute atomic E-state index is 0.0215. The maximum Gasteiger partial charge on any atom is 0.338 e. The number of thiazole rings is 1. The molecule has 3 aromatic carbocycles. The average Bonchev–Trinajstić information content (AvgIpc) is 3.76. The minimum Gasteiger partial charge on any atom is -0.462 e. The van der Waals surface area contributed by atoms with Gasteiger partial charge in [-0.2, -0.15) is 0 Å². The van der Waals surface area contributed by atoms with Gasteiger partial charge >= 0.3 is 10.8 Å². The lowest BCUT2D eigenvalue weighted by atomic mass is 9.68. The number of hydrogen-bond acceptors (Lipinski definition) is 7. The van der Waals surface area contributed by atoms with Crippen molar-refractivity contribution in [1.29, 1.82) is 0 Å². The highest BCUT2D eigenvalue weighted by atomic mass is 32.2. The zero-order chi connectivity index (χ0) is 29.4. The quantitative estimate of drug-likeness (QED) is 0.222. The Labute approximate surface area is 256 Å². The van der Waals surface area contributed by atoms with Gasteiger partial charge in [0.25, 0.3) is 0 Å². The standard InChI is InChI=1S/C34H28N2O5S2/c1-2-41-33(39)20-12-14-21(15-13-20)36-31(37)26-22-16-23(27(26)32(36)38)28-25(22)24(29-30(42-28)35-34(40)43-29)19-10-8-18(9-11-19)17-6-4-3-5-7-17/h3-15,22-28H,2,16H2,1H3,(H,35,40)/t22?,23?,24-,25?,26?,27?,28?/m1/s1. The van der Waals surface area contributed by atoms with Gasteiger partial charge in [0.1, 0.15) is 0 Å². The third-order valence-corrected chi connectivity index (χ3v) is 12.3. The lowest BCUT2D eigenvalue weighted by Gasteiger charge is -2.43. The molecule has 7 atom stereocenters. The zero-order valence-corrected chi connectivity index (χ0v) is 24.9. The number of anilines is 1. The van der Waals surface area contributed by atoms with Gasteiger partial charge in [-0.1, -0.05) is 65.9 Å². The Morgan fingerprint density at radius 1 is 0.884 bits per heavy atom. The molecule has 7 nitrogen and oxygen atoms in total. The van der Waals surface area contributed by atoms with Crippen molar-refractivity contribution in [2.45, 2.75) is 29.5 Å². The largest absolute Gasteiger partial charge is 0.462 e. The highest BCUT2D eigenvalue weighted by molar-refractivity contribution is 8.00. The molecule has 0 spiro atoms. The number of fused-ring (bicyclic) bond motifs is 9. The number of imide groups is 1. The van der Waals surface area contributed by atoms with E-state index in [9.17, 15) is 19.2 Å². The Morgan fingerprint density at radius 3 is 2.26 bits per heavy atom. The summed E-state index contributed by atoms with van der Waals surface area (Å²) in [6.07, 6.45) is 0.836. The molecule has 1 saturated heterocycles. The number of thioether (sulfide) groups is 1. The first kappa shape index (κ1) is 26.7. The van der Waals surface area contributed by atoms with Crippen LogP contribution in [0.4, 0.5) is 5.69 Å². The minimum atomic E-state index is -0.433. The fourth-order valence-corrected chi connectivity index (χ4v) is 11.0. The van der Waals surface area contributed by atoms with Gasteiger partial charge in [0.05, 0.1) is 34.7 Å². The van der Waals surface area contributed by atoms with Crippen LogP contribution in [-0.2, 0) is 14.3 Å². The Hall–Kier alpha value is -3.95. The second kappa shape index (κ2) is 10.1. The van der Waals surface area contributed by atoms with Gasteiger partial charge < -0.3 is 9.72 Å². The monoisotopic (exact) mass is 608 g/mol. The van der Waals surface area contributed by atoms with Crippen LogP contribution in [0.2, 0.25) is 0 Å². The molecule has 3 heterocycles. The topological polar surface area (TPSA) is 96.5 Å². The van der Waals surface area contributed by atoms with Crippen molar-refractivity contribution in [3.63, 3.8) is 0 Å². The van der Waals surface area contributed by atoms with Gasteiger partial charge in [0, 0.05) is 16.0 Å². The van der Waals surface area contributed by atoms with Gasteiger partial charge in [-0.3, -0.25) is 19.3 Å². The SMILES string of the molecule is CCOC(=O)c1ccc(N2C(=O)C3C4CC(C3C2=O)C2C4Sc3[nH]c(=O)sc3[C@@H]2c2ccc(-c3ccccc3)cc2)cc1. The predicted octanol–water partition coefficient (Wildman–Crippen LogP) is 5.96. The average molecular weight is 609 g/mol. The van der Waals surface area contributed by atoms with E-state index in [0.717, 1.165) is 33.0 Å². The number of carbonyl (C=O) groups is 3. The van der Waals surface area contributed by atoms with Crippen LogP contribution < -0.4 is 9.77 Å². The van der Waals surface area contributed by atoms with Crippen molar-refractivity contribution >= 4 is 46.6 Å². The molecule has 2 amide bonds. The molecule has 2 bridgehead atoms. The molecule has 0 radical (unpaired) electrons. The number of aromatic amines is 1. The number of nitrogens with zero attached hydrogens (tertiary/aromatic N) is 1. The van der Waals surface area contributed by atoms with Crippen molar-refractivity contribution in [3.05, 3.63) is 105 Å². The van der Waals surface area contributed by atoms with E-state index in [4.69, 9.17) is 4.74 Å². The maximum absolute atomic E-state index is 14.0. The highest BCUT2D eigenvalue weighted by Gasteiger charge is 2.69. The van der Waals surface area contributed by atoms with Crippen molar-refractivity contribution in [2.75, 3.05) is 11.5 Å². The Bertz CT molecular complexity index is 1810. The van der Waals surface area contributed by atoms with E-state index < -0.39 is 5.97 Å². The van der Waals surface area contributed by atoms with Crippen LogP contribution >= 0.6 is 23.1 Å². The fourth-order valence-electron chi connectivity index (χ4n) is 8.12. The van der Waals surface area contributed by atoms with Crippen LogP contribution in [0, 0.1) is 29.6 Å². The fraction of sp³-hybridized carbons (Fsp3) is 0.294. The Balaban J connectivity index is 1.14. The molecular weight excluding hydrogens is 581 g/mol. The van der Waals surface area contributed by atoms with Crippen LogP contribution in [0.25, 0.3) is 11.1 Å². The summed E-state index contributed by atoms with van der Waals surface area (Å²) in [4.78, 5) is 58.0. The smallest absolute Gasteiger partial charge is 0.338 e. The van der Waals surface area contributed by atoms with E-state index in [1.807, 2.05) is 18.2 Å². The molecule has 2 saturated carbocycles. The molecule has 2 aliphatic carbocycles. The summed E-state index contributed by atoms with van der Waals surface area (Å²) in [5, 5.41) is 1.03. The lowest BCUT2D eigenvalue weighted by molar-refractivity contribution is -0.123. The van der Waals surface area contributed by atoms with Crippen LogP contribution in [0.5, 0.6) is 0 Å². The van der Waals surface area contributed by atoms with E-state index in [1.54, 1.807) is 43.0 Å². The summed E-state index contributed by atoms with van der Waals surface area (Å²) in [5.74, 6) is -1.29. The second-order valence-electron chi connectivity index (χ2n) is 11.7. The van der Waals surface area contributed by atoms with Gasteiger partial charge in [-0.25, -0.2) is 4.79 Å². The van der Waals surface area contributed by atoms with E-state index in [0.29, 0.717) is 11.3 Å². The van der Waals surface area contributed by atoms with Crippen LogP contribution in [-0.4, -0.2) is 34.6 Å². The lowest BCUT2D eigenvalue weighted by Crippen LogP contribution is -2.42. The molecule has 1 aromatic heterocycles. The summed E-state index contributed by atoms with van der Waals surface area (Å²) in [6.45, 7) is 2.02. The van der Waals surface area contributed by atoms with E-state index in [1.165, 1.54) is 16.2 Å². The summed E-state index contributed by atoms with van der Waals surface area (Å²) >= 11 is 2.96. The third-order valence-electron chi connectivity index (χ3n) is 9.74. The van der Waals surface area contributed by atoms with Gasteiger partial charge in [-0.15, -0.1) is 11.8 Å². The van der Waals surface area contributed by atoms with Gasteiger partial charge in [0.2, 0.25) is 11.8 Å². The number of rotatable bonds is 5. The molecule has 3 fully saturated rings. The molecule has 4 aliphatic rings. The second-order valence-corrected chi connectivity index (χ2v) is 13.9. The predicted molar refractivity (Wildman–Crippen MR) is 165 cm³/mol. The van der Waals surface area contributed by atoms with Gasteiger partial charge in [-0.05, 0) is 72.1 Å². The number of amides is 2. The molecule has 8 rings (SSSR count). The normalized spacial score (nSPS) is 28.5. The number of hydrogen-bond donors (Lipinski definition) is 1. The number of aromatic nitrogens is 1. The van der Waals surface area contributed by atoms with Gasteiger partial charge in [0.15, 0.2) is 0 Å². The zero-order valence-electron chi connectivity index (χ0n) is 23.3. The van der Waals surface area contributed by atoms with E-state index in [2.05, 4.69) is 41.4 Å². The van der Waals surface area contributed by atoms with E-state index in [-0.39, 0.29) is 64.1 Å². The number of ether oxygens (including phenoxy) is 1. The summed E-state index contributed by atoms with van der Waals surface area (Å²) in [5.41, 5.74) is 4.28. The number of carbonyl (C=O) groups excluding carboxylic acids is 3. The van der Waals surface area contributed by atoms with Crippen LogP contribution in [0.3, 0.4) is 0 Å². The van der Waals surface area contributed by atoms with E-state index >= 15 is 0 Å². The first-order chi connectivity index (χ1) is 20.9. The first-order valence-electron chi connectivity index (χ1n) is 14.6. The number of H-pyrrole nitrogens is 1. The third kappa shape index (κ3) is 4.01. The maximum atomic E-state index is 14.0. The van der Waals surface area contributed by atoms with Crippen LogP contribution in [0.1, 0.15) is 40.1 Å². The molecule has 9 heteroatoms. The number of esters is 1. The van der Waals surface area contributed by atoms with Crippen molar-refractivity contribution in [1.82, 2.24) is 4.98 Å². The molecule has 43 heavy (non-hydrogen) atoms. The molecule has 6 unspecified atom stereocenters. The Kier molecular flexibility index (Phi) is 6.24. The molecule has 2 aliphatic heterocycles. The molecular formula is C34H28N2O5S2. The van der Waals surface area contributed by atoms with Crippen LogP contribution in [0.15, 0.2) is 88.7 Å². The molecule has 216 valence electrons. The summed E-state index contributed by atoms with van der Waals surface area (Å²) in [6, 6.07) is 25.4. The van der Waals surface area contributed by atoms with Crippen molar-refractivity contribution in [3.8, 4) is 11.1 Å². The molecule has 1 N–H and O–H groups in total. The summed E-state index contributed by atoms with van der Waals surface area (Å²) in [7, 11) is 0.